The molecule has 148 valence electrons. The number of nitrogens with one attached hydrogen (secondary N) is 2. The summed E-state index contributed by atoms with van der Waals surface area (Å²) in [5.41, 5.74) is 1.50. The maximum atomic E-state index is 11.3. The van der Waals surface area contributed by atoms with Crippen LogP contribution in [0.15, 0.2) is 33.7 Å². The number of sulfone groups is 1. The standard InChI is InChI=1S/C18H28BrN3O2S.HI/c1-14(8-11-25(3,23)24)22-17(20-2)21-13-18(9-5-10-18)15-6-4-7-16(19)12-15;/h4,6-7,12,14H,5,8-11,13H2,1-3H3,(H2,20,21,22);1H. The molecule has 1 aliphatic rings. The monoisotopic (exact) mass is 557 g/mol. The lowest BCUT2D eigenvalue weighted by atomic mass is 9.64. The lowest BCUT2D eigenvalue weighted by molar-refractivity contribution is 0.243. The van der Waals surface area contributed by atoms with Gasteiger partial charge in [0.25, 0.3) is 0 Å². The molecule has 1 aromatic carbocycles. The largest absolute Gasteiger partial charge is 0.356 e. The zero-order chi connectivity index (χ0) is 18.5. The van der Waals surface area contributed by atoms with Crippen molar-refractivity contribution in [3.8, 4) is 0 Å². The number of hydrogen-bond acceptors (Lipinski definition) is 3. The van der Waals surface area contributed by atoms with E-state index in [2.05, 4.69) is 49.8 Å². The van der Waals surface area contributed by atoms with Crippen LogP contribution in [0.3, 0.4) is 0 Å². The molecule has 1 fully saturated rings. The van der Waals surface area contributed by atoms with Crippen LogP contribution >= 0.6 is 39.9 Å². The number of rotatable bonds is 7. The number of benzene rings is 1. The second-order valence-electron chi connectivity index (χ2n) is 7.03. The first-order valence-electron chi connectivity index (χ1n) is 8.65. The van der Waals surface area contributed by atoms with Crippen molar-refractivity contribution in [1.82, 2.24) is 10.6 Å². The van der Waals surface area contributed by atoms with E-state index in [1.807, 2.05) is 13.0 Å². The Balaban J connectivity index is 0.00000338. The van der Waals surface area contributed by atoms with Crippen molar-refractivity contribution in [2.75, 3.05) is 25.6 Å². The predicted molar refractivity (Wildman–Crippen MR) is 123 cm³/mol. The Morgan fingerprint density at radius 1 is 1.38 bits per heavy atom. The van der Waals surface area contributed by atoms with Gasteiger partial charge in [-0.25, -0.2) is 8.42 Å². The average Bonchev–Trinajstić information content (AvgIpc) is 2.50. The summed E-state index contributed by atoms with van der Waals surface area (Å²) >= 11 is 3.56. The summed E-state index contributed by atoms with van der Waals surface area (Å²) in [5.74, 6) is 0.905. The Morgan fingerprint density at radius 2 is 2.08 bits per heavy atom. The molecule has 1 aromatic rings. The summed E-state index contributed by atoms with van der Waals surface area (Å²) in [6.07, 6.45) is 5.40. The van der Waals surface area contributed by atoms with Crippen LogP contribution in [-0.2, 0) is 15.3 Å². The fourth-order valence-electron chi connectivity index (χ4n) is 3.13. The van der Waals surface area contributed by atoms with Gasteiger partial charge >= 0.3 is 0 Å². The molecule has 2 rings (SSSR count). The van der Waals surface area contributed by atoms with E-state index in [4.69, 9.17) is 0 Å². The topological polar surface area (TPSA) is 70.6 Å². The molecule has 0 bridgehead atoms. The van der Waals surface area contributed by atoms with Gasteiger partial charge in [0.1, 0.15) is 9.84 Å². The van der Waals surface area contributed by atoms with Crippen LogP contribution in [0.25, 0.3) is 0 Å². The van der Waals surface area contributed by atoms with E-state index < -0.39 is 9.84 Å². The van der Waals surface area contributed by atoms with E-state index in [1.54, 1.807) is 7.05 Å². The number of aliphatic imine (C=N–C) groups is 1. The van der Waals surface area contributed by atoms with Crippen molar-refractivity contribution < 1.29 is 8.42 Å². The molecule has 0 aromatic heterocycles. The first-order chi connectivity index (χ1) is 11.7. The fourth-order valence-corrected chi connectivity index (χ4v) is 4.31. The molecule has 1 unspecified atom stereocenters. The van der Waals surface area contributed by atoms with Crippen LogP contribution in [0.2, 0.25) is 0 Å². The van der Waals surface area contributed by atoms with Crippen molar-refractivity contribution in [3.63, 3.8) is 0 Å². The van der Waals surface area contributed by atoms with E-state index in [1.165, 1.54) is 18.2 Å². The third-order valence-corrected chi connectivity index (χ3v) is 6.34. The molecule has 1 aliphatic carbocycles. The molecule has 8 heteroatoms. The minimum absolute atomic E-state index is 0. The third kappa shape index (κ3) is 6.99. The average molecular weight is 558 g/mol. The highest BCUT2D eigenvalue weighted by atomic mass is 127. The molecule has 0 heterocycles. The molecule has 1 atom stereocenters. The van der Waals surface area contributed by atoms with Gasteiger partial charge in [0.05, 0.1) is 5.75 Å². The molecule has 0 aliphatic heterocycles. The Kier molecular flexibility index (Phi) is 9.35. The third-order valence-electron chi connectivity index (χ3n) is 4.87. The first kappa shape index (κ1) is 23.7. The summed E-state index contributed by atoms with van der Waals surface area (Å²) in [5, 5.41) is 6.72. The number of guanidine groups is 1. The molecule has 0 spiro atoms. The molecule has 5 nitrogen and oxygen atoms in total. The highest BCUT2D eigenvalue weighted by Crippen LogP contribution is 2.43. The second-order valence-corrected chi connectivity index (χ2v) is 10.2. The molecular formula is C18H29BrIN3O2S. The molecular weight excluding hydrogens is 529 g/mol. The van der Waals surface area contributed by atoms with Crippen LogP contribution in [0.4, 0.5) is 0 Å². The summed E-state index contributed by atoms with van der Waals surface area (Å²) in [4.78, 5) is 4.28. The van der Waals surface area contributed by atoms with Gasteiger partial charge in [-0.2, -0.15) is 0 Å². The molecule has 2 N–H and O–H groups in total. The van der Waals surface area contributed by atoms with Gasteiger partial charge in [0, 0.05) is 35.8 Å². The zero-order valence-electron chi connectivity index (χ0n) is 15.6. The van der Waals surface area contributed by atoms with E-state index >= 15 is 0 Å². The van der Waals surface area contributed by atoms with Crippen LogP contribution in [0, 0.1) is 0 Å². The predicted octanol–water partition coefficient (Wildman–Crippen LogP) is 3.48. The highest BCUT2D eigenvalue weighted by molar-refractivity contribution is 14.0. The maximum Gasteiger partial charge on any atom is 0.191 e. The number of nitrogens with zero attached hydrogens (tertiary/aromatic N) is 1. The summed E-state index contributed by atoms with van der Waals surface area (Å²) in [6.45, 7) is 2.80. The first-order valence-corrected chi connectivity index (χ1v) is 11.5. The van der Waals surface area contributed by atoms with Gasteiger partial charge in [-0.05, 0) is 43.9 Å². The zero-order valence-corrected chi connectivity index (χ0v) is 20.3. The molecule has 26 heavy (non-hydrogen) atoms. The van der Waals surface area contributed by atoms with Crippen LogP contribution in [0.1, 0.15) is 38.2 Å². The maximum absolute atomic E-state index is 11.3. The van der Waals surface area contributed by atoms with E-state index in [9.17, 15) is 8.42 Å². The number of hydrogen-bond donors (Lipinski definition) is 2. The van der Waals surface area contributed by atoms with Gasteiger partial charge in [-0.1, -0.05) is 34.5 Å². The minimum Gasteiger partial charge on any atom is -0.356 e. The van der Waals surface area contributed by atoms with Crippen molar-refractivity contribution in [1.29, 1.82) is 0 Å². The van der Waals surface area contributed by atoms with Crippen LogP contribution in [-0.4, -0.2) is 46.0 Å². The van der Waals surface area contributed by atoms with Gasteiger partial charge in [-0.15, -0.1) is 24.0 Å². The van der Waals surface area contributed by atoms with E-state index in [-0.39, 0.29) is 41.2 Å². The van der Waals surface area contributed by atoms with Crippen molar-refractivity contribution in [2.24, 2.45) is 4.99 Å². The highest BCUT2D eigenvalue weighted by Gasteiger charge is 2.38. The Bertz CT molecular complexity index is 721. The van der Waals surface area contributed by atoms with Gasteiger partial charge < -0.3 is 10.6 Å². The summed E-state index contributed by atoms with van der Waals surface area (Å²) in [7, 11) is -1.20. The normalized spacial score (nSPS) is 17.6. The van der Waals surface area contributed by atoms with Gasteiger partial charge in [-0.3, -0.25) is 4.99 Å². The van der Waals surface area contributed by atoms with Crippen molar-refractivity contribution in [2.45, 2.75) is 44.1 Å². The Labute approximate surface area is 182 Å². The molecule has 1 saturated carbocycles. The Morgan fingerprint density at radius 3 is 2.58 bits per heavy atom. The smallest absolute Gasteiger partial charge is 0.191 e. The minimum atomic E-state index is -2.94. The summed E-state index contributed by atoms with van der Waals surface area (Å²) in [6, 6.07) is 8.57. The number of halogens is 2. The van der Waals surface area contributed by atoms with Gasteiger partial charge in [0.15, 0.2) is 5.96 Å². The van der Waals surface area contributed by atoms with Crippen molar-refractivity contribution >= 4 is 55.7 Å². The van der Waals surface area contributed by atoms with Crippen LogP contribution in [0.5, 0.6) is 0 Å². The molecule has 0 radical (unpaired) electrons. The Hall–Kier alpha value is -0.350. The lowest BCUT2D eigenvalue weighted by Gasteiger charge is -2.43. The second kappa shape index (κ2) is 10.3. The van der Waals surface area contributed by atoms with Crippen molar-refractivity contribution in [3.05, 3.63) is 34.3 Å². The van der Waals surface area contributed by atoms with E-state index in [0.717, 1.165) is 29.8 Å². The lowest BCUT2D eigenvalue weighted by Crippen LogP contribution is -2.50. The fraction of sp³-hybridized carbons (Fsp3) is 0.611. The van der Waals surface area contributed by atoms with Crippen LogP contribution < -0.4 is 10.6 Å². The van der Waals surface area contributed by atoms with Gasteiger partial charge in [0.2, 0.25) is 0 Å². The SMILES string of the molecule is CN=C(NCC1(c2cccc(Br)c2)CCC1)NC(C)CCS(C)(=O)=O.I. The molecule has 0 amide bonds. The quantitative estimate of drug-likeness (QED) is 0.306. The summed E-state index contributed by atoms with van der Waals surface area (Å²) < 4.78 is 23.7. The van der Waals surface area contributed by atoms with E-state index in [0.29, 0.717) is 6.42 Å². The molecule has 0 saturated heterocycles.